The van der Waals surface area contributed by atoms with Gasteiger partial charge < -0.3 is 19.9 Å². The van der Waals surface area contributed by atoms with Crippen LogP contribution in [0.2, 0.25) is 0 Å². The Morgan fingerprint density at radius 1 is 1.38 bits per heavy atom. The predicted octanol–water partition coefficient (Wildman–Crippen LogP) is 1.75. The highest BCUT2D eigenvalue weighted by Gasteiger charge is 2.28. The molecule has 0 aliphatic carbocycles. The van der Waals surface area contributed by atoms with Gasteiger partial charge in [0.1, 0.15) is 5.75 Å². The fraction of sp³-hybridized carbons (Fsp3) is 0.556. The Hall–Kier alpha value is -2.24. The molecule has 0 bridgehead atoms. The first-order chi connectivity index (χ1) is 11.5. The maximum Gasteiger partial charge on any atom is 0.319 e. The number of ether oxygens (including phenoxy) is 1. The van der Waals surface area contributed by atoms with Crippen LogP contribution in [0.15, 0.2) is 24.3 Å². The maximum absolute atomic E-state index is 12.4. The van der Waals surface area contributed by atoms with Crippen molar-refractivity contribution < 1.29 is 14.3 Å². The number of hydrogen-bond acceptors (Lipinski definition) is 3. The van der Waals surface area contributed by atoms with Crippen molar-refractivity contribution in [1.29, 1.82) is 0 Å². The Kier molecular flexibility index (Phi) is 6.46. The number of nitrogens with one attached hydrogen (secondary N) is 1. The van der Waals surface area contributed by atoms with Gasteiger partial charge in [-0.25, -0.2) is 4.79 Å². The number of rotatable bonds is 5. The van der Waals surface area contributed by atoms with Crippen LogP contribution in [0.1, 0.15) is 18.4 Å². The zero-order valence-corrected chi connectivity index (χ0v) is 14.7. The monoisotopic (exact) mass is 333 g/mol. The summed E-state index contributed by atoms with van der Waals surface area (Å²) in [5.74, 6) is 0.742. The van der Waals surface area contributed by atoms with Gasteiger partial charge in [0.05, 0.1) is 13.0 Å². The van der Waals surface area contributed by atoms with Crippen molar-refractivity contribution >= 4 is 11.9 Å². The highest BCUT2D eigenvalue weighted by Crippen LogP contribution is 2.18. The third kappa shape index (κ3) is 4.88. The third-order valence-electron chi connectivity index (χ3n) is 4.29. The molecule has 0 saturated carbocycles. The lowest BCUT2D eigenvalue weighted by Crippen LogP contribution is -2.48. The minimum absolute atomic E-state index is 0.0242. The van der Waals surface area contributed by atoms with Crippen molar-refractivity contribution in [2.75, 3.05) is 40.8 Å². The SMILES string of the molecule is COc1cccc(CCNC(=O)[C@H]2CCCN(C(=O)N(C)C)C2)c1. The highest BCUT2D eigenvalue weighted by molar-refractivity contribution is 5.80. The summed E-state index contributed by atoms with van der Waals surface area (Å²) >= 11 is 0. The topological polar surface area (TPSA) is 61.9 Å². The smallest absolute Gasteiger partial charge is 0.319 e. The quantitative estimate of drug-likeness (QED) is 0.893. The Morgan fingerprint density at radius 2 is 2.17 bits per heavy atom. The first-order valence-corrected chi connectivity index (χ1v) is 8.38. The summed E-state index contributed by atoms with van der Waals surface area (Å²) in [7, 11) is 5.12. The molecule has 1 heterocycles. The zero-order chi connectivity index (χ0) is 17.5. The molecule has 1 atom stereocenters. The van der Waals surface area contributed by atoms with Gasteiger partial charge in [-0.15, -0.1) is 0 Å². The number of likely N-dealkylation sites (tertiary alicyclic amines) is 1. The number of benzene rings is 1. The number of carbonyl (C=O) groups is 2. The molecule has 1 aromatic carbocycles. The van der Waals surface area contributed by atoms with Gasteiger partial charge in [-0.3, -0.25) is 4.79 Å². The molecule has 3 amide bonds. The first-order valence-electron chi connectivity index (χ1n) is 8.38. The Balaban J connectivity index is 1.80. The highest BCUT2D eigenvalue weighted by atomic mass is 16.5. The molecule has 1 aliphatic rings. The fourth-order valence-corrected chi connectivity index (χ4v) is 2.95. The number of urea groups is 1. The fourth-order valence-electron chi connectivity index (χ4n) is 2.95. The third-order valence-corrected chi connectivity index (χ3v) is 4.29. The lowest BCUT2D eigenvalue weighted by atomic mass is 9.97. The molecule has 132 valence electrons. The molecule has 24 heavy (non-hydrogen) atoms. The van der Waals surface area contributed by atoms with Crippen LogP contribution in [-0.2, 0) is 11.2 Å². The Morgan fingerprint density at radius 3 is 2.88 bits per heavy atom. The van der Waals surface area contributed by atoms with Gasteiger partial charge in [-0.1, -0.05) is 12.1 Å². The summed E-state index contributed by atoms with van der Waals surface area (Å²) in [6.07, 6.45) is 2.46. The molecule has 0 spiro atoms. The molecule has 1 aromatic rings. The van der Waals surface area contributed by atoms with Crippen LogP contribution in [0.3, 0.4) is 0 Å². The standard InChI is InChI=1S/C18H27N3O3/c1-20(2)18(23)21-11-5-7-15(13-21)17(22)19-10-9-14-6-4-8-16(12-14)24-3/h4,6,8,12,15H,5,7,9-11,13H2,1-3H3,(H,19,22)/t15-/m0/s1. The predicted molar refractivity (Wildman–Crippen MR) is 93.1 cm³/mol. The van der Waals surface area contributed by atoms with Gasteiger partial charge in [-0.2, -0.15) is 0 Å². The first kappa shape index (κ1) is 18.1. The number of piperidine rings is 1. The molecule has 6 nitrogen and oxygen atoms in total. The molecule has 2 rings (SSSR count). The van der Waals surface area contributed by atoms with Crippen LogP contribution in [-0.4, -0.2) is 62.6 Å². The Labute approximate surface area is 143 Å². The van der Waals surface area contributed by atoms with Gasteiger partial charge in [0.15, 0.2) is 0 Å². The maximum atomic E-state index is 12.4. The van der Waals surface area contributed by atoms with E-state index in [0.717, 1.165) is 37.1 Å². The van der Waals surface area contributed by atoms with Gasteiger partial charge in [0, 0.05) is 33.7 Å². The van der Waals surface area contributed by atoms with Crippen LogP contribution in [0.4, 0.5) is 4.79 Å². The summed E-state index contributed by atoms with van der Waals surface area (Å²) < 4.78 is 5.20. The van der Waals surface area contributed by atoms with E-state index >= 15 is 0 Å². The lowest BCUT2D eigenvalue weighted by Gasteiger charge is -2.33. The van der Waals surface area contributed by atoms with Crippen molar-refractivity contribution in [2.45, 2.75) is 19.3 Å². The van der Waals surface area contributed by atoms with Crippen molar-refractivity contribution in [2.24, 2.45) is 5.92 Å². The van der Waals surface area contributed by atoms with Crippen molar-refractivity contribution in [3.8, 4) is 5.75 Å². The average Bonchev–Trinajstić information content (AvgIpc) is 2.61. The molecular formula is C18H27N3O3. The van der Waals surface area contributed by atoms with E-state index < -0.39 is 0 Å². The largest absolute Gasteiger partial charge is 0.497 e. The van der Waals surface area contributed by atoms with E-state index in [0.29, 0.717) is 13.1 Å². The number of methoxy groups -OCH3 is 1. The molecule has 1 fully saturated rings. The normalized spacial score (nSPS) is 17.3. The molecule has 1 saturated heterocycles. The van der Waals surface area contributed by atoms with E-state index in [1.807, 2.05) is 24.3 Å². The van der Waals surface area contributed by atoms with Crippen molar-refractivity contribution in [3.63, 3.8) is 0 Å². The summed E-state index contributed by atoms with van der Waals surface area (Å²) in [4.78, 5) is 27.7. The van der Waals surface area contributed by atoms with E-state index in [4.69, 9.17) is 4.74 Å². The van der Waals surface area contributed by atoms with Gasteiger partial charge >= 0.3 is 6.03 Å². The molecule has 6 heteroatoms. The minimum Gasteiger partial charge on any atom is -0.497 e. The molecule has 0 aromatic heterocycles. The lowest BCUT2D eigenvalue weighted by molar-refractivity contribution is -0.126. The summed E-state index contributed by atoms with van der Waals surface area (Å²) in [5, 5.41) is 3.00. The van der Waals surface area contributed by atoms with E-state index in [-0.39, 0.29) is 17.9 Å². The van der Waals surface area contributed by atoms with Crippen LogP contribution in [0, 0.1) is 5.92 Å². The summed E-state index contributed by atoms with van der Waals surface area (Å²) in [6.45, 7) is 1.82. The van der Waals surface area contributed by atoms with Gasteiger partial charge in [0.25, 0.3) is 0 Å². The van der Waals surface area contributed by atoms with E-state index in [9.17, 15) is 9.59 Å². The zero-order valence-electron chi connectivity index (χ0n) is 14.7. The molecule has 1 N–H and O–H groups in total. The van der Waals surface area contributed by atoms with Gasteiger partial charge in [-0.05, 0) is 37.0 Å². The van der Waals surface area contributed by atoms with Crippen LogP contribution >= 0.6 is 0 Å². The number of carbonyl (C=O) groups excluding carboxylic acids is 2. The van der Waals surface area contributed by atoms with Crippen molar-refractivity contribution in [1.82, 2.24) is 15.1 Å². The molecular weight excluding hydrogens is 306 g/mol. The number of nitrogens with zero attached hydrogens (tertiary/aromatic N) is 2. The second-order valence-electron chi connectivity index (χ2n) is 6.35. The van der Waals surface area contributed by atoms with Crippen LogP contribution in [0.25, 0.3) is 0 Å². The van der Waals surface area contributed by atoms with E-state index in [1.54, 1.807) is 31.0 Å². The van der Waals surface area contributed by atoms with E-state index in [1.165, 1.54) is 0 Å². The van der Waals surface area contributed by atoms with Crippen LogP contribution in [0.5, 0.6) is 5.75 Å². The Bertz CT molecular complexity index is 574. The number of hydrogen-bond donors (Lipinski definition) is 1. The minimum atomic E-state index is -0.118. The van der Waals surface area contributed by atoms with Crippen LogP contribution < -0.4 is 10.1 Å². The second kappa shape index (κ2) is 8.57. The summed E-state index contributed by atoms with van der Waals surface area (Å²) in [6, 6.07) is 7.82. The average molecular weight is 333 g/mol. The second-order valence-corrected chi connectivity index (χ2v) is 6.35. The van der Waals surface area contributed by atoms with Crippen molar-refractivity contribution in [3.05, 3.63) is 29.8 Å². The van der Waals surface area contributed by atoms with E-state index in [2.05, 4.69) is 5.32 Å². The summed E-state index contributed by atoms with van der Waals surface area (Å²) in [5.41, 5.74) is 1.13. The molecule has 0 unspecified atom stereocenters. The number of amides is 3. The molecule has 0 radical (unpaired) electrons. The molecule has 1 aliphatic heterocycles. The van der Waals surface area contributed by atoms with Gasteiger partial charge in [0.2, 0.25) is 5.91 Å².